The molecule has 0 amide bonds. The first-order chi connectivity index (χ1) is 17.6. The van der Waals surface area contributed by atoms with Crippen LogP contribution in [0.4, 0.5) is 11.4 Å². The number of anilines is 2. The van der Waals surface area contributed by atoms with Crippen molar-refractivity contribution in [1.29, 1.82) is 0 Å². The van der Waals surface area contributed by atoms with Crippen LogP contribution in [-0.4, -0.2) is 53.1 Å². The second-order valence-corrected chi connectivity index (χ2v) is 9.68. The predicted molar refractivity (Wildman–Crippen MR) is 149 cm³/mol. The largest absolute Gasteiger partial charge is 0.508 e. The maximum absolute atomic E-state index is 10.6. The molecule has 180 valence electrons. The molecule has 0 radical (unpaired) electrons. The maximum atomic E-state index is 10.6. The molecule has 0 aliphatic carbocycles. The molecule has 0 spiro atoms. The number of aromatic nitrogens is 1. The predicted octanol–water partition coefficient (Wildman–Crippen LogP) is 6.25. The van der Waals surface area contributed by atoms with Crippen LogP contribution in [0.1, 0.15) is 5.56 Å². The van der Waals surface area contributed by atoms with Crippen molar-refractivity contribution in [3.8, 4) is 17.0 Å². The second-order valence-electron chi connectivity index (χ2n) is 9.68. The summed E-state index contributed by atoms with van der Waals surface area (Å²) in [6.07, 6.45) is 0. The van der Waals surface area contributed by atoms with Gasteiger partial charge in [0.05, 0.1) is 16.9 Å². The monoisotopic (exact) mass is 474 g/mol. The van der Waals surface area contributed by atoms with Gasteiger partial charge in [0.2, 0.25) is 0 Å². The third-order valence-corrected chi connectivity index (χ3v) is 7.11. The minimum Gasteiger partial charge on any atom is -0.508 e. The summed E-state index contributed by atoms with van der Waals surface area (Å²) < 4.78 is 0. The lowest BCUT2D eigenvalue weighted by atomic mass is 10.0. The number of phenolic OH excluding ortho intramolecular Hbond substituents is 1. The molecule has 1 fully saturated rings. The lowest BCUT2D eigenvalue weighted by Crippen LogP contribution is -2.43. The van der Waals surface area contributed by atoms with Crippen LogP contribution in [0.15, 0.2) is 91.0 Å². The van der Waals surface area contributed by atoms with Gasteiger partial charge in [-0.05, 0) is 54.2 Å². The molecule has 4 aromatic carbocycles. The average molecular weight is 475 g/mol. The Kier molecular flexibility index (Phi) is 6.01. The van der Waals surface area contributed by atoms with Crippen LogP contribution in [0.25, 0.3) is 32.9 Å². The smallest absolute Gasteiger partial charge is 0.120 e. The zero-order valence-electron chi connectivity index (χ0n) is 20.5. The molecule has 2 heterocycles. The van der Waals surface area contributed by atoms with Crippen LogP contribution < -0.4 is 5.32 Å². The Bertz CT molecular complexity index is 1540. The summed E-state index contributed by atoms with van der Waals surface area (Å²) in [6.45, 7) is 4.88. The molecule has 5 aromatic rings. The van der Waals surface area contributed by atoms with Crippen molar-refractivity contribution in [2.75, 3.05) is 38.5 Å². The Morgan fingerprint density at radius 2 is 1.58 bits per heavy atom. The van der Waals surface area contributed by atoms with Gasteiger partial charge in [-0.2, -0.15) is 0 Å². The minimum atomic E-state index is 0.343. The first-order valence-corrected chi connectivity index (χ1v) is 12.5. The third-order valence-electron chi connectivity index (χ3n) is 7.11. The molecule has 1 saturated heterocycles. The van der Waals surface area contributed by atoms with Gasteiger partial charge in [-0.1, -0.05) is 54.6 Å². The van der Waals surface area contributed by atoms with E-state index in [1.807, 2.05) is 18.2 Å². The first kappa shape index (κ1) is 22.5. The molecule has 6 rings (SSSR count). The van der Waals surface area contributed by atoms with Crippen LogP contribution in [0.2, 0.25) is 0 Å². The number of piperazine rings is 1. The summed E-state index contributed by atoms with van der Waals surface area (Å²) in [7, 11) is 2.16. The number of hydrogen-bond acceptors (Lipinski definition) is 5. The minimum absolute atomic E-state index is 0.343. The fourth-order valence-corrected chi connectivity index (χ4v) is 4.97. The molecule has 5 heteroatoms. The van der Waals surface area contributed by atoms with E-state index < -0.39 is 0 Å². The van der Waals surface area contributed by atoms with E-state index in [0.29, 0.717) is 5.75 Å². The highest BCUT2D eigenvalue weighted by Crippen LogP contribution is 2.33. The van der Waals surface area contributed by atoms with Crippen molar-refractivity contribution >= 4 is 33.1 Å². The summed E-state index contributed by atoms with van der Waals surface area (Å²) in [6, 6.07) is 31.0. The third kappa shape index (κ3) is 4.63. The molecule has 36 heavy (non-hydrogen) atoms. The molecule has 1 aliphatic rings. The van der Waals surface area contributed by atoms with Crippen molar-refractivity contribution in [3.05, 3.63) is 96.6 Å². The summed E-state index contributed by atoms with van der Waals surface area (Å²) >= 11 is 0. The molecular formula is C31H30N4O. The van der Waals surface area contributed by atoms with Gasteiger partial charge < -0.3 is 15.3 Å². The molecule has 0 atom stereocenters. The van der Waals surface area contributed by atoms with Gasteiger partial charge >= 0.3 is 0 Å². The molecule has 2 N–H and O–H groups in total. The molecule has 5 nitrogen and oxygen atoms in total. The summed E-state index contributed by atoms with van der Waals surface area (Å²) in [5, 5.41) is 17.7. The number of nitrogens with zero attached hydrogens (tertiary/aromatic N) is 3. The molecule has 1 aliphatic heterocycles. The number of para-hydroxylation sites is 1. The number of hydrogen-bond donors (Lipinski definition) is 2. The van der Waals surface area contributed by atoms with Crippen molar-refractivity contribution < 1.29 is 5.11 Å². The number of rotatable bonds is 5. The Labute approximate surface area is 211 Å². The number of aromatic hydroxyl groups is 1. The Hall–Kier alpha value is -3.93. The van der Waals surface area contributed by atoms with Crippen LogP contribution in [0.5, 0.6) is 5.75 Å². The van der Waals surface area contributed by atoms with Gasteiger partial charge in [-0.25, -0.2) is 4.98 Å². The molecule has 0 saturated carbocycles. The van der Waals surface area contributed by atoms with Crippen molar-refractivity contribution in [2.24, 2.45) is 0 Å². The lowest BCUT2D eigenvalue weighted by molar-refractivity contribution is 0.147. The van der Waals surface area contributed by atoms with E-state index >= 15 is 0 Å². The summed E-state index contributed by atoms with van der Waals surface area (Å²) in [4.78, 5) is 9.72. The molecule has 0 bridgehead atoms. The maximum Gasteiger partial charge on any atom is 0.120 e. The summed E-state index contributed by atoms with van der Waals surface area (Å²) in [5.41, 5.74) is 5.86. The van der Waals surface area contributed by atoms with Crippen LogP contribution in [-0.2, 0) is 6.54 Å². The number of nitrogens with one attached hydrogen (secondary N) is 1. The number of likely N-dealkylation sites (N-methyl/N-ethyl adjacent to an activating group) is 1. The highest BCUT2D eigenvalue weighted by atomic mass is 16.3. The molecular weight excluding hydrogens is 444 g/mol. The lowest BCUT2D eigenvalue weighted by Gasteiger charge is -2.32. The fourth-order valence-electron chi connectivity index (χ4n) is 4.97. The zero-order valence-corrected chi connectivity index (χ0v) is 20.5. The van der Waals surface area contributed by atoms with E-state index in [-0.39, 0.29) is 0 Å². The summed E-state index contributed by atoms with van der Waals surface area (Å²) in [5.74, 6) is 0.343. The number of benzene rings is 4. The molecule has 1 aromatic heterocycles. The first-order valence-electron chi connectivity index (χ1n) is 12.5. The van der Waals surface area contributed by atoms with Crippen LogP contribution in [0, 0.1) is 0 Å². The standard InChI is InChI=1S/C31H30N4O/c1-34-14-16-35(17-15-34)21-25-19-26(12-13-31(25)36)32-30-20-29(33-28-9-5-4-8-27(28)30)24-11-10-22-6-2-3-7-23(22)18-24/h2-13,18-20,36H,14-17,21H2,1H3,(H,32,33). The second kappa shape index (κ2) is 9.61. The topological polar surface area (TPSA) is 51.6 Å². The van der Waals surface area contributed by atoms with Gasteiger partial charge in [-0.3, -0.25) is 4.90 Å². The quantitative estimate of drug-likeness (QED) is 0.295. The van der Waals surface area contributed by atoms with Crippen LogP contribution >= 0.6 is 0 Å². The van der Waals surface area contributed by atoms with E-state index in [2.05, 4.69) is 88.9 Å². The number of phenols is 1. The van der Waals surface area contributed by atoms with Gasteiger partial charge in [-0.15, -0.1) is 0 Å². The normalized spacial score (nSPS) is 14.9. The highest BCUT2D eigenvalue weighted by molar-refractivity contribution is 5.96. The van der Waals surface area contributed by atoms with E-state index in [9.17, 15) is 5.11 Å². The highest BCUT2D eigenvalue weighted by Gasteiger charge is 2.16. The van der Waals surface area contributed by atoms with Crippen molar-refractivity contribution in [3.63, 3.8) is 0 Å². The van der Waals surface area contributed by atoms with E-state index in [1.54, 1.807) is 6.07 Å². The van der Waals surface area contributed by atoms with Gasteiger partial charge in [0.1, 0.15) is 5.75 Å². The van der Waals surface area contributed by atoms with Gasteiger partial charge in [0.25, 0.3) is 0 Å². The number of pyridine rings is 1. The average Bonchev–Trinajstić information content (AvgIpc) is 2.91. The Morgan fingerprint density at radius 1 is 0.806 bits per heavy atom. The SMILES string of the molecule is CN1CCN(Cc2cc(Nc3cc(-c4ccc5ccccc5c4)nc4ccccc34)ccc2O)CC1. The zero-order chi connectivity index (χ0) is 24.5. The van der Waals surface area contributed by atoms with Crippen LogP contribution in [0.3, 0.4) is 0 Å². The van der Waals surface area contributed by atoms with E-state index in [0.717, 1.165) is 71.8 Å². The van der Waals surface area contributed by atoms with E-state index in [4.69, 9.17) is 4.98 Å². The number of fused-ring (bicyclic) bond motifs is 2. The fraction of sp³-hybridized carbons (Fsp3) is 0.194. The Balaban J connectivity index is 1.35. The molecule has 0 unspecified atom stereocenters. The van der Waals surface area contributed by atoms with E-state index in [1.165, 1.54) is 10.8 Å². The van der Waals surface area contributed by atoms with Gasteiger partial charge in [0, 0.05) is 54.9 Å². The Morgan fingerprint density at radius 3 is 2.44 bits per heavy atom. The van der Waals surface area contributed by atoms with Gasteiger partial charge in [0.15, 0.2) is 0 Å². The van der Waals surface area contributed by atoms with Crippen molar-refractivity contribution in [1.82, 2.24) is 14.8 Å². The van der Waals surface area contributed by atoms with Crippen molar-refractivity contribution in [2.45, 2.75) is 6.54 Å².